The molecule has 0 aromatic heterocycles. The summed E-state index contributed by atoms with van der Waals surface area (Å²) in [5.41, 5.74) is 1.91. The zero-order valence-electron chi connectivity index (χ0n) is 12.2. The minimum Gasteiger partial charge on any atom is -0.490 e. The predicted molar refractivity (Wildman–Crippen MR) is 86.9 cm³/mol. The van der Waals surface area contributed by atoms with Crippen molar-refractivity contribution >= 4 is 15.9 Å². The van der Waals surface area contributed by atoms with Crippen LogP contribution < -0.4 is 9.47 Å². The van der Waals surface area contributed by atoms with Crippen molar-refractivity contribution in [2.24, 2.45) is 0 Å². The topological polar surface area (TPSA) is 38.7 Å². The van der Waals surface area contributed by atoms with Crippen LogP contribution >= 0.6 is 15.9 Å². The molecule has 1 N–H and O–H groups in total. The SMILES string of the molecule is Cc1ccc(OCCOc2ccc(Br)cc2)c([C@H](C)O)c1. The van der Waals surface area contributed by atoms with Gasteiger partial charge in [0.1, 0.15) is 24.7 Å². The fourth-order valence-electron chi connectivity index (χ4n) is 1.97. The highest BCUT2D eigenvalue weighted by Gasteiger charge is 2.09. The van der Waals surface area contributed by atoms with E-state index in [2.05, 4.69) is 15.9 Å². The van der Waals surface area contributed by atoms with Crippen molar-refractivity contribution < 1.29 is 14.6 Å². The number of aliphatic hydroxyl groups excluding tert-OH is 1. The van der Waals surface area contributed by atoms with E-state index in [1.54, 1.807) is 6.92 Å². The Morgan fingerprint density at radius 2 is 1.71 bits per heavy atom. The van der Waals surface area contributed by atoms with E-state index in [0.717, 1.165) is 21.3 Å². The van der Waals surface area contributed by atoms with E-state index in [-0.39, 0.29) is 0 Å². The van der Waals surface area contributed by atoms with E-state index < -0.39 is 6.10 Å². The maximum Gasteiger partial charge on any atom is 0.125 e. The normalized spacial score (nSPS) is 12.0. The zero-order valence-corrected chi connectivity index (χ0v) is 13.8. The molecule has 2 aromatic rings. The van der Waals surface area contributed by atoms with Crippen molar-refractivity contribution in [2.45, 2.75) is 20.0 Å². The quantitative estimate of drug-likeness (QED) is 0.790. The van der Waals surface area contributed by atoms with Crippen molar-refractivity contribution in [3.05, 3.63) is 58.1 Å². The maximum absolute atomic E-state index is 9.77. The second-order valence-corrected chi connectivity index (χ2v) is 5.78. The Kier molecular flexibility index (Phi) is 5.65. The number of rotatable bonds is 6. The van der Waals surface area contributed by atoms with Crippen LogP contribution in [-0.4, -0.2) is 18.3 Å². The smallest absolute Gasteiger partial charge is 0.125 e. The molecule has 0 radical (unpaired) electrons. The van der Waals surface area contributed by atoms with E-state index in [0.29, 0.717) is 19.0 Å². The summed E-state index contributed by atoms with van der Waals surface area (Å²) < 4.78 is 12.3. The summed E-state index contributed by atoms with van der Waals surface area (Å²) in [4.78, 5) is 0. The van der Waals surface area contributed by atoms with Gasteiger partial charge in [-0.25, -0.2) is 0 Å². The number of aliphatic hydroxyl groups is 1. The molecule has 4 heteroatoms. The fraction of sp³-hybridized carbons (Fsp3) is 0.294. The summed E-state index contributed by atoms with van der Waals surface area (Å²) in [6.45, 7) is 4.61. The van der Waals surface area contributed by atoms with Crippen LogP contribution in [0.1, 0.15) is 24.2 Å². The summed E-state index contributed by atoms with van der Waals surface area (Å²) in [6, 6.07) is 13.5. The molecular formula is C17H19BrO3. The molecule has 1 atom stereocenters. The van der Waals surface area contributed by atoms with Gasteiger partial charge in [-0.3, -0.25) is 0 Å². The van der Waals surface area contributed by atoms with Crippen LogP contribution in [0.3, 0.4) is 0 Å². The van der Waals surface area contributed by atoms with Gasteiger partial charge in [-0.1, -0.05) is 27.6 Å². The molecule has 0 amide bonds. The molecule has 0 spiro atoms. The molecule has 0 saturated carbocycles. The lowest BCUT2D eigenvalue weighted by Crippen LogP contribution is -2.10. The van der Waals surface area contributed by atoms with E-state index in [9.17, 15) is 5.11 Å². The summed E-state index contributed by atoms with van der Waals surface area (Å²) in [5.74, 6) is 1.51. The van der Waals surface area contributed by atoms with Gasteiger partial charge in [0.15, 0.2) is 0 Å². The van der Waals surface area contributed by atoms with Crippen molar-refractivity contribution in [2.75, 3.05) is 13.2 Å². The molecule has 21 heavy (non-hydrogen) atoms. The molecule has 0 aliphatic rings. The summed E-state index contributed by atoms with van der Waals surface area (Å²) in [7, 11) is 0. The molecule has 0 bridgehead atoms. The second kappa shape index (κ2) is 7.48. The molecule has 0 saturated heterocycles. The summed E-state index contributed by atoms with van der Waals surface area (Å²) in [6.07, 6.45) is -0.549. The van der Waals surface area contributed by atoms with Crippen molar-refractivity contribution in [3.63, 3.8) is 0 Å². The van der Waals surface area contributed by atoms with Gasteiger partial charge in [-0.15, -0.1) is 0 Å². The van der Waals surface area contributed by atoms with Crippen LogP contribution in [0.2, 0.25) is 0 Å². The molecule has 0 unspecified atom stereocenters. The fourth-order valence-corrected chi connectivity index (χ4v) is 2.23. The van der Waals surface area contributed by atoms with E-state index >= 15 is 0 Å². The molecule has 112 valence electrons. The Morgan fingerprint density at radius 3 is 2.38 bits per heavy atom. The Hall–Kier alpha value is -1.52. The molecule has 2 aromatic carbocycles. The first-order valence-corrected chi connectivity index (χ1v) is 7.65. The largest absolute Gasteiger partial charge is 0.490 e. The van der Waals surface area contributed by atoms with Crippen LogP contribution in [0.4, 0.5) is 0 Å². The Morgan fingerprint density at radius 1 is 1.05 bits per heavy atom. The first-order valence-electron chi connectivity index (χ1n) is 6.86. The number of hydrogen-bond acceptors (Lipinski definition) is 3. The van der Waals surface area contributed by atoms with Gasteiger partial charge in [0.25, 0.3) is 0 Å². The summed E-state index contributed by atoms with van der Waals surface area (Å²) >= 11 is 3.38. The van der Waals surface area contributed by atoms with Gasteiger partial charge in [-0.2, -0.15) is 0 Å². The third-order valence-corrected chi connectivity index (χ3v) is 3.57. The molecule has 3 nitrogen and oxygen atoms in total. The third kappa shape index (κ3) is 4.76. The molecular weight excluding hydrogens is 332 g/mol. The summed E-state index contributed by atoms with van der Waals surface area (Å²) in [5, 5.41) is 9.77. The van der Waals surface area contributed by atoms with Crippen LogP contribution in [0.25, 0.3) is 0 Å². The van der Waals surface area contributed by atoms with Gasteiger partial charge in [-0.05, 0) is 50.2 Å². The van der Waals surface area contributed by atoms with Crippen LogP contribution in [0.5, 0.6) is 11.5 Å². The van der Waals surface area contributed by atoms with Gasteiger partial charge in [0, 0.05) is 10.0 Å². The Bertz CT molecular complexity index is 579. The van der Waals surface area contributed by atoms with Crippen molar-refractivity contribution in [1.29, 1.82) is 0 Å². The van der Waals surface area contributed by atoms with E-state index in [4.69, 9.17) is 9.47 Å². The molecule has 0 aliphatic carbocycles. The van der Waals surface area contributed by atoms with E-state index in [1.807, 2.05) is 49.4 Å². The Labute approximate surface area is 133 Å². The minimum absolute atomic E-state index is 0.429. The average molecular weight is 351 g/mol. The number of hydrogen-bond donors (Lipinski definition) is 1. The number of ether oxygens (including phenoxy) is 2. The zero-order chi connectivity index (χ0) is 15.2. The number of benzene rings is 2. The van der Waals surface area contributed by atoms with Crippen LogP contribution in [0, 0.1) is 6.92 Å². The monoisotopic (exact) mass is 350 g/mol. The molecule has 0 fully saturated rings. The predicted octanol–water partition coefficient (Wildman–Crippen LogP) is 4.27. The highest BCUT2D eigenvalue weighted by Crippen LogP contribution is 2.26. The second-order valence-electron chi connectivity index (χ2n) is 4.87. The Balaban J connectivity index is 1.87. The maximum atomic E-state index is 9.77. The van der Waals surface area contributed by atoms with E-state index in [1.165, 1.54) is 0 Å². The average Bonchev–Trinajstić information content (AvgIpc) is 2.46. The molecule has 2 rings (SSSR count). The lowest BCUT2D eigenvalue weighted by Gasteiger charge is -2.14. The third-order valence-electron chi connectivity index (χ3n) is 3.04. The van der Waals surface area contributed by atoms with Crippen molar-refractivity contribution in [3.8, 4) is 11.5 Å². The van der Waals surface area contributed by atoms with Crippen molar-refractivity contribution in [1.82, 2.24) is 0 Å². The first-order chi connectivity index (χ1) is 10.1. The number of aryl methyl sites for hydroxylation is 1. The van der Waals surface area contributed by atoms with Gasteiger partial charge < -0.3 is 14.6 Å². The van der Waals surface area contributed by atoms with Crippen LogP contribution in [-0.2, 0) is 0 Å². The lowest BCUT2D eigenvalue weighted by molar-refractivity contribution is 0.182. The minimum atomic E-state index is -0.549. The van der Waals surface area contributed by atoms with Gasteiger partial charge in [0.2, 0.25) is 0 Å². The standard InChI is InChI=1S/C17H19BrO3/c1-12-3-8-17(16(11-12)13(2)19)21-10-9-20-15-6-4-14(18)5-7-15/h3-8,11,13,19H,9-10H2,1-2H3/t13-/m0/s1. The van der Waals surface area contributed by atoms with Gasteiger partial charge in [0.05, 0.1) is 6.10 Å². The number of halogens is 1. The molecule has 0 heterocycles. The highest BCUT2D eigenvalue weighted by molar-refractivity contribution is 9.10. The van der Waals surface area contributed by atoms with Gasteiger partial charge >= 0.3 is 0 Å². The molecule has 0 aliphatic heterocycles. The highest BCUT2D eigenvalue weighted by atomic mass is 79.9. The lowest BCUT2D eigenvalue weighted by atomic mass is 10.1. The first kappa shape index (κ1) is 15.9. The van der Waals surface area contributed by atoms with Crippen LogP contribution in [0.15, 0.2) is 46.9 Å².